The van der Waals surface area contributed by atoms with Gasteiger partial charge >= 0.3 is 0 Å². The molecule has 2 aromatic heterocycles. The number of halogens is 1. The van der Waals surface area contributed by atoms with Gasteiger partial charge < -0.3 is 30.6 Å². The van der Waals surface area contributed by atoms with Crippen molar-refractivity contribution < 1.29 is 19.3 Å². The van der Waals surface area contributed by atoms with Gasteiger partial charge in [0.15, 0.2) is 5.82 Å². The van der Waals surface area contributed by atoms with E-state index in [1.165, 1.54) is 24.0 Å². The number of aliphatic hydroxyl groups is 2. The van der Waals surface area contributed by atoms with E-state index in [2.05, 4.69) is 10.3 Å². The summed E-state index contributed by atoms with van der Waals surface area (Å²) in [4.78, 5) is 4.22. The summed E-state index contributed by atoms with van der Waals surface area (Å²) in [6.07, 6.45) is 0.267. The molecule has 146 valence electrons. The van der Waals surface area contributed by atoms with Crippen molar-refractivity contribution in [1.29, 1.82) is 0 Å². The third-order valence-corrected chi connectivity index (χ3v) is 5.78. The SMILES string of the molecule is Nc1ccnc2c1c(F)cn2[C@H]1C[C@@H](Oc2cccc3c2CNC3)[C@@H](O)[C@H]1O. The van der Waals surface area contributed by atoms with Crippen molar-refractivity contribution in [3.63, 3.8) is 0 Å². The number of rotatable bonds is 3. The van der Waals surface area contributed by atoms with Crippen LogP contribution in [0.25, 0.3) is 11.0 Å². The van der Waals surface area contributed by atoms with Crippen molar-refractivity contribution >= 4 is 16.7 Å². The van der Waals surface area contributed by atoms with Crippen LogP contribution in [0.4, 0.5) is 10.1 Å². The standard InChI is InChI=1S/C20H21FN4O3/c21-12-9-25(20-17(12)13(22)4-5-24-20)14-6-16(19(27)18(14)26)28-15-3-1-2-10-7-23-8-11(10)15/h1-5,9,14,16,18-19,23,26-27H,6-8H2,(H2,22,24)/t14-,16+,18-,19+/m0/s1. The maximum atomic E-state index is 14.4. The van der Waals surface area contributed by atoms with E-state index in [0.717, 1.165) is 12.1 Å². The van der Waals surface area contributed by atoms with Crippen LogP contribution in [0.3, 0.4) is 0 Å². The summed E-state index contributed by atoms with van der Waals surface area (Å²) in [5, 5.41) is 24.7. The van der Waals surface area contributed by atoms with E-state index < -0.39 is 30.2 Å². The minimum absolute atomic E-state index is 0.223. The number of nitrogen functional groups attached to an aromatic ring is 1. The molecule has 0 bridgehead atoms. The maximum absolute atomic E-state index is 14.4. The lowest BCUT2D eigenvalue weighted by atomic mass is 10.1. The van der Waals surface area contributed by atoms with E-state index in [9.17, 15) is 14.6 Å². The van der Waals surface area contributed by atoms with Crippen LogP contribution in [0.2, 0.25) is 0 Å². The Morgan fingerprint density at radius 2 is 2.07 bits per heavy atom. The lowest BCUT2D eigenvalue weighted by molar-refractivity contribution is -0.0166. The van der Waals surface area contributed by atoms with Crippen molar-refractivity contribution in [2.75, 3.05) is 5.73 Å². The third-order valence-electron chi connectivity index (χ3n) is 5.78. The summed E-state index contributed by atoms with van der Waals surface area (Å²) in [5.74, 6) is 0.198. The number of nitrogens with zero attached hydrogens (tertiary/aromatic N) is 2. The Kier molecular flexibility index (Phi) is 4.01. The van der Waals surface area contributed by atoms with E-state index in [1.807, 2.05) is 18.2 Å². The summed E-state index contributed by atoms with van der Waals surface area (Å²) in [6.45, 7) is 1.49. The molecule has 0 radical (unpaired) electrons. The fourth-order valence-electron chi connectivity index (χ4n) is 4.34. The Bertz CT molecular complexity index is 1050. The second-order valence-corrected chi connectivity index (χ2v) is 7.42. The number of nitrogens with one attached hydrogen (secondary N) is 1. The molecule has 0 amide bonds. The van der Waals surface area contributed by atoms with Crippen molar-refractivity contribution in [2.45, 2.75) is 43.9 Å². The molecule has 1 aromatic carbocycles. The van der Waals surface area contributed by atoms with Crippen LogP contribution in [0.1, 0.15) is 23.6 Å². The van der Waals surface area contributed by atoms with Crippen LogP contribution >= 0.6 is 0 Å². The number of hydrogen-bond donors (Lipinski definition) is 4. The fourth-order valence-corrected chi connectivity index (χ4v) is 4.34. The first-order chi connectivity index (χ1) is 13.5. The molecule has 0 saturated heterocycles. The van der Waals surface area contributed by atoms with Gasteiger partial charge in [-0.1, -0.05) is 12.1 Å². The van der Waals surface area contributed by atoms with Crippen LogP contribution in [0, 0.1) is 5.82 Å². The van der Waals surface area contributed by atoms with Crippen molar-refractivity contribution in [1.82, 2.24) is 14.9 Å². The zero-order chi connectivity index (χ0) is 19.4. The molecule has 3 heterocycles. The quantitative estimate of drug-likeness (QED) is 0.545. The molecule has 7 nitrogen and oxygen atoms in total. The first-order valence-corrected chi connectivity index (χ1v) is 9.29. The van der Waals surface area contributed by atoms with E-state index in [0.29, 0.717) is 24.4 Å². The molecule has 1 saturated carbocycles. The monoisotopic (exact) mass is 384 g/mol. The van der Waals surface area contributed by atoms with Crippen molar-refractivity contribution in [2.24, 2.45) is 0 Å². The highest BCUT2D eigenvalue weighted by molar-refractivity contribution is 5.89. The number of benzene rings is 1. The summed E-state index contributed by atoms with van der Waals surface area (Å²) in [6, 6.07) is 6.78. The van der Waals surface area contributed by atoms with Gasteiger partial charge in [-0.3, -0.25) is 0 Å². The minimum atomic E-state index is -1.11. The number of ether oxygens (including phenoxy) is 1. The zero-order valence-electron chi connectivity index (χ0n) is 15.0. The van der Waals surface area contributed by atoms with Crippen LogP contribution in [0.15, 0.2) is 36.7 Å². The maximum Gasteiger partial charge on any atom is 0.152 e. The van der Waals surface area contributed by atoms with Crippen LogP contribution < -0.4 is 15.8 Å². The van der Waals surface area contributed by atoms with E-state index >= 15 is 0 Å². The Morgan fingerprint density at radius 3 is 2.93 bits per heavy atom. The number of hydrogen-bond acceptors (Lipinski definition) is 6. The van der Waals surface area contributed by atoms with Gasteiger partial charge in [0.2, 0.25) is 0 Å². The number of aliphatic hydroxyl groups excluding tert-OH is 2. The molecule has 0 spiro atoms. The van der Waals surface area contributed by atoms with E-state index in [1.54, 1.807) is 4.57 Å². The zero-order valence-corrected chi connectivity index (χ0v) is 15.0. The van der Waals surface area contributed by atoms with Gasteiger partial charge in [-0.25, -0.2) is 9.37 Å². The van der Waals surface area contributed by atoms with Gasteiger partial charge in [0, 0.05) is 43.2 Å². The molecule has 5 N–H and O–H groups in total. The van der Waals surface area contributed by atoms with Crippen LogP contribution in [-0.2, 0) is 13.1 Å². The summed E-state index contributed by atoms with van der Waals surface area (Å²) < 4.78 is 22.1. The van der Waals surface area contributed by atoms with Crippen LogP contribution in [-0.4, -0.2) is 38.1 Å². The minimum Gasteiger partial charge on any atom is -0.487 e. The third kappa shape index (κ3) is 2.56. The normalized spacial score (nSPS) is 26.7. The highest BCUT2D eigenvalue weighted by atomic mass is 19.1. The molecule has 2 aliphatic rings. The highest BCUT2D eigenvalue weighted by Gasteiger charge is 2.45. The highest BCUT2D eigenvalue weighted by Crippen LogP contribution is 2.38. The molecule has 1 aliphatic carbocycles. The number of fused-ring (bicyclic) bond motifs is 2. The summed E-state index contributed by atoms with van der Waals surface area (Å²) in [7, 11) is 0. The average Bonchev–Trinajstić information content (AvgIpc) is 3.36. The molecule has 8 heteroatoms. The largest absolute Gasteiger partial charge is 0.487 e. The molecule has 4 atom stereocenters. The number of anilines is 1. The van der Waals surface area contributed by atoms with Crippen molar-refractivity contribution in [3.8, 4) is 5.75 Å². The topological polar surface area (TPSA) is 106 Å². The van der Waals surface area contributed by atoms with Gasteiger partial charge in [0.25, 0.3) is 0 Å². The van der Waals surface area contributed by atoms with E-state index in [-0.39, 0.29) is 11.1 Å². The van der Waals surface area contributed by atoms with Crippen LogP contribution in [0.5, 0.6) is 5.75 Å². The van der Waals surface area contributed by atoms with Gasteiger partial charge in [-0.05, 0) is 17.7 Å². The predicted octanol–water partition coefficient (Wildman–Crippen LogP) is 1.47. The summed E-state index contributed by atoms with van der Waals surface area (Å²) >= 11 is 0. The number of nitrogens with two attached hydrogens (primary N) is 1. The number of pyridine rings is 1. The number of aromatic nitrogens is 2. The molecule has 28 heavy (non-hydrogen) atoms. The predicted molar refractivity (Wildman–Crippen MR) is 101 cm³/mol. The Labute approximate surface area is 160 Å². The Balaban J connectivity index is 1.47. The second-order valence-electron chi connectivity index (χ2n) is 7.42. The Morgan fingerprint density at radius 1 is 1.21 bits per heavy atom. The molecular weight excluding hydrogens is 363 g/mol. The Hall–Kier alpha value is -2.68. The second kappa shape index (κ2) is 6.44. The molecule has 0 unspecified atom stereocenters. The average molecular weight is 384 g/mol. The molecule has 5 rings (SSSR count). The molecule has 1 aliphatic heterocycles. The smallest absolute Gasteiger partial charge is 0.152 e. The fraction of sp³-hybridized carbons (Fsp3) is 0.350. The van der Waals surface area contributed by atoms with Gasteiger partial charge in [-0.2, -0.15) is 0 Å². The molecular formula is C20H21FN4O3. The first-order valence-electron chi connectivity index (χ1n) is 9.29. The molecule has 3 aromatic rings. The van der Waals surface area contributed by atoms with Crippen molar-refractivity contribution in [3.05, 3.63) is 53.6 Å². The molecule has 1 fully saturated rings. The lowest BCUT2D eigenvalue weighted by Crippen LogP contribution is -2.34. The van der Waals surface area contributed by atoms with Gasteiger partial charge in [0.05, 0.1) is 11.4 Å². The first kappa shape index (κ1) is 17.4. The lowest BCUT2D eigenvalue weighted by Gasteiger charge is -2.20. The van der Waals surface area contributed by atoms with Gasteiger partial charge in [0.1, 0.15) is 29.7 Å². The van der Waals surface area contributed by atoms with E-state index in [4.69, 9.17) is 10.5 Å². The summed E-state index contributed by atoms with van der Waals surface area (Å²) in [5.41, 5.74) is 8.75. The van der Waals surface area contributed by atoms with Gasteiger partial charge in [-0.15, -0.1) is 0 Å².